The van der Waals surface area contributed by atoms with E-state index in [1.807, 2.05) is 6.92 Å². The molecule has 0 aromatic carbocycles. The van der Waals surface area contributed by atoms with E-state index in [2.05, 4.69) is 4.74 Å². The minimum Gasteiger partial charge on any atom is -0.447 e. The molecule has 2 aliphatic rings. The lowest BCUT2D eigenvalue weighted by atomic mass is 9.92. The molecule has 0 aromatic rings. The van der Waals surface area contributed by atoms with Crippen LogP contribution in [0.3, 0.4) is 0 Å². The fourth-order valence-corrected chi connectivity index (χ4v) is 3.52. The molecule has 6 nitrogen and oxygen atoms in total. The molecular weight excluding hydrogens is 222 g/mol. The molecule has 0 saturated carbocycles. The Morgan fingerprint density at radius 1 is 1.47 bits per heavy atom. The molecule has 0 spiro atoms. The summed E-state index contributed by atoms with van der Waals surface area (Å²) in [7, 11) is -3.55. The second kappa shape index (κ2) is 3.34. The minimum absolute atomic E-state index is 0.0604. The van der Waals surface area contributed by atoms with E-state index in [1.165, 1.54) is 0 Å². The Morgan fingerprint density at radius 2 is 2.13 bits per heavy atom. The van der Waals surface area contributed by atoms with Crippen molar-refractivity contribution in [1.29, 1.82) is 0 Å². The monoisotopic (exact) mass is 235 g/mol. The van der Waals surface area contributed by atoms with Gasteiger partial charge in [0, 0.05) is 5.41 Å². The van der Waals surface area contributed by atoms with Crippen LogP contribution < -0.4 is 0 Å². The zero-order valence-corrected chi connectivity index (χ0v) is 9.25. The minimum atomic E-state index is -3.55. The zero-order chi connectivity index (χ0) is 11.1. The number of amides is 1. The largest absolute Gasteiger partial charge is 0.447 e. The fraction of sp³-hybridized carbons (Fsp3) is 0.875. The normalized spacial score (nSPS) is 24.9. The van der Waals surface area contributed by atoms with Gasteiger partial charge in [-0.05, 0) is 0 Å². The van der Waals surface area contributed by atoms with Crippen LogP contribution in [0.4, 0.5) is 4.79 Å². The predicted molar refractivity (Wildman–Crippen MR) is 50.8 cm³/mol. The SMILES string of the molecule is CC1(CS(=O)(=O)N2CCOC2=O)COC1. The van der Waals surface area contributed by atoms with Crippen LogP contribution >= 0.6 is 0 Å². The number of nitrogens with zero attached hydrogens (tertiary/aromatic N) is 1. The van der Waals surface area contributed by atoms with Crippen LogP contribution in [0.5, 0.6) is 0 Å². The van der Waals surface area contributed by atoms with Crippen molar-refractivity contribution >= 4 is 16.1 Å². The van der Waals surface area contributed by atoms with E-state index in [0.29, 0.717) is 13.2 Å². The smallest absolute Gasteiger partial charge is 0.423 e. The lowest BCUT2D eigenvalue weighted by Gasteiger charge is -2.38. The maximum Gasteiger partial charge on any atom is 0.423 e. The molecule has 2 aliphatic heterocycles. The number of rotatable bonds is 3. The molecule has 2 fully saturated rings. The van der Waals surface area contributed by atoms with E-state index in [9.17, 15) is 13.2 Å². The first-order chi connectivity index (χ1) is 6.93. The lowest BCUT2D eigenvalue weighted by Crippen LogP contribution is -2.48. The van der Waals surface area contributed by atoms with Crippen molar-refractivity contribution in [3.05, 3.63) is 0 Å². The Bertz CT molecular complexity index is 372. The van der Waals surface area contributed by atoms with Crippen molar-refractivity contribution in [3.8, 4) is 0 Å². The van der Waals surface area contributed by atoms with Gasteiger partial charge in [-0.15, -0.1) is 0 Å². The molecule has 86 valence electrons. The molecule has 1 amide bonds. The maximum absolute atomic E-state index is 11.8. The molecule has 0 atom stereocenters. The average molecular weight is 235 g/mol. The fourth-order valence-electron chi connectivity index (χ4n) is 1.68. The Morgan fingerprint density at radius 3 is 2.53 bits per heavy atom. The van der Waals surface area contributed by atoms with Gasteiger partial charge >= 0.3 is 6.09 Å². The highest BCUT2D eigenvalue weighted by Crippen LogP contribution is 2.29. The van der Waals surface area contributed by atoms with Gasteiger partial charge in [-0.3, -0.25) is 0 Å². The topological polar surface area (TPSA) is 72.9 Å². The summed E-state index contributed by atoms with van der Waals surface area (Å²) in [6.07, 6.45) is -0.765. The van der Waals surface area contributed by atoms with Crippen LogP contribution in [0.15, 0.2) is 0 Å². The summed E-state index contributed by atoms with van der Waals surface area (Å²) in [5.41, 5.74) is -0.359. The van der Waals surface area contributed by atoms with Gasteiger partial charge in [0.25, 0.3) is 0 Å². The number of ether oxygens (including phenoxy) is 2. The summed E-state index contributed by atoms with van der Waals surface area (Å²) < 4.78 is 34.0. The van der Waals surface area contributed by atoms with Crippen LogP contribution in [0, 0.1) is 5.41 Å². The van der Waals surface area contributed by atoms with E-state index in [0.717, 1.165) is 4.31 Å². The summed E-state index contributed by atoms with van der Waals surface area (Å²) in [5, 5.41) is 0. The van der Waals surface area contributed by atoms with Gasteiger partial charge in [0.1, 0.15) is 6.61 Å². The summed E-state index contributed by atoms with van der Waals surface area (Å²) in [5.74, 6) is -0.0604. The highest BCUT2D eigenvalue weighted by Gasteiger charge is 2.43. The Labute approximate surface area is 88.2 Å². The van der Waals surface area contributed by atoms with Crippen LogP contribution in [0.25, 0.3) is 0 Å². The first-order valence-corrected chi connectivity index (χ1v) is 6.29. The van der Waals surface area contributed by atoms with E-state index in [-0.39, 0.29) is 24.3 Å². The van der Waals surface area contributed by atoms with E-state index in [1.54, 1.807) is 0 Å². The molecule has 15 heavy (non-hydrogen) atoms. The molecule has 7 heteroatoms. The molecule has 0 radical (unpaired) electrons. The maximum atomic E-state index is 11.8. The van der Waals surface area contributed by atoms with Gasteiger partial charge < -0.3 is 9.47 Å². The third kappa shape index (κ3) is 1.93. The number of carbonyl (C=O) groups excluding carboxylic acids is 1. The Balaban J connectivity index is 2.09. The van der Waals surface area contributed by atoms with Crippen molar-refractivity contribution in [2.45, 2.75) is 6.92 Å². The Hall–Kier alpha value is -0.820. The van der Waals surface area contributed by atoms with Crippen molar-refractivity contribution in [1.82, 2.24) is 4.31 Å². The Kier molecular flexibility index (Phi) is 2.38. The standard InChI is InChI=1S/C8H13NO5S/c1-8(4-13-5-8)6-15(11,12)9-2-3-14-7(9)10/h2-6H2,1H3. The molecule has 0 bridgehead atoms. The molecule has 0 N–H and O–H groups in total. The van der Waals surface area contributed by atoms with E-state index >= 15 is 0 Å². The zero-order valence-electron chi connectivity index (χ0n) is 8.43. The lowest BCUT2D eigenvalue weighted by molar-refractivity contribution is -0.0873. The van der Waals surface area contributed by atoms with Crippen LogP contribution in [0.2, 0.25) is 0 Å². The summed E-state index contributed by atoms with van der Waals surface area (Å²) in [6, 6.07) is 0. The number of cyclic esters (lactones) is 1. The molecule has 0 aromatic heterocycles. The van der Waals surface area contributed by atoms with Crippen molar-refractivity contribution in [2.75, 3.05) is 32.1 Å². The first-order valence-electron chi connectivity index (χ1n) is 4.68. The molecular formula is C8H13NO5S. The van der Waals surface area contributed by atoms with Gasteiger partial charge in [-0.2, -0.15) is 0 Å². The molecule has 2 saturated heterocycles. The van der Waals surface area contributed by atoms with Crippen LogP contribution in [-0.4, -0.2) is 50.9 Å². The molecule has 2 rings (SSSR count). The van der Waals surface area contributed by atoms with E-state index in [4.69, 9.17) is 4.74 Å². The molecule has 0 unspecified atom stereocenters. The van der Waals surface area contributed by atoms with Crippen molar-refractivity contribution in [2.24, 2.45) is 5.41 Å². The second-order valence-electron chi connectivity index (χ2n) is 4.25. The van der Waals surface area contributed by atoms with Gasteiger partial charge in [0.2, 0.25) is 10.0 Å². The summed E-state index contributed by atoms with van der Waals surface area (Å²) >= 11 is 0. The highest BCUT2D eigenvalue weighted by atomic mass is 32.2. The average Bonchev–Trinajstić information content (AvgIpc) is 2.48. The highest BCUT2D eigenvalue weighted by molar-refractivity contribution is 7.89. The van der Waals surface area contributed by atoms with Gasteiger partial charge in [0.15, 0.2) is 0 Å². The predicted octanol–water partition coefficient (Wildman–Crippen LogP) is -0.195. The first kappa shape index (κ1) is 10.7. The summed E-state index contributed by atoms with van der Waals surface area (Å²) in [6.45, 7) is 2.95. The van der Waals surface area contributed by atoms with E-state index < -0.39 is 16.1 Å². The van der Waals surface area contributed by atoms with Crippen molar-refractivity contribution < 1.29 is 22.7 Å². The number of hydrogen-bond acceptors (Lipinski definition) is 5. The third-order valence-electron chi connectivity index (χ3n) is 2.49. The number of hydrogen-bond donors (Lipinski definition) is 0. The number of sulfonamides is 1. The molecule has 2 heterocycles. The van der Waals surface area contributed by atoms with Gasteiger partial charge in [-0.25, -0.2) is 17.5 Å². The van der Waals surface area contributed by atoms with Crippen LogP contribution in [0.1, 0.15) is 6.92 Å². The number of carbonyl (C=O) groups is 1. The second-order valence-corrected chi connectivity index (χ2v) is 6.14. The van der Waals surface area contributed by atoms with Gasteiger partial charge in [0.05, 0.1) is 25.5 Å². The van der Waals surface area contributed by atoms with Gasteiger partial charge in [-0.1, -0.05) is 6.92 Å². The van der Waals surface area contributed by atoms with Crippen molar-refractivity contribution in [3.63, 3.8) is 0 Å². The molecule has 0 aliphatic carbocycles. The summed E-state index contributed by atoms with van der Waals surface area (Å²) in [4.78, 5) is 11.1. The quantitative estimate of drug-likeness (QED) is 0.677. The third-order valence-corrected chi connectivity index (χ3v) is 4.56. The van der Waals surface area contributed by atoms with Crippen LogP contribution in [-0.2, 0) is 19.5 Å².